The fraction of sp³-hybridized carbons (Fsp3) is 0.600. The van der Waals surface area contributed by atoms with Gasteiger partial charge >= 0.3 is 0 Å². The Balaban J connectivity index is 1.43. The third-order valence-electron chi connectivity index (χ3n) is 4.85. The van der Waals surface area contributed by atoms with Crippen LogP contribution in [0.3, 0.4) is 0 Å². The smallest absolute Gasteiger partial charge is 0.263 e. The van der Waals surface area contributed by atoms with Crippen LogP contribution in [0.15, 0.2) is 17.5 Å². The standard InChI is InChI=1S/C20H29N3OS2/c1-14(2)11-18-22-15(3)19(26-18)20(24)21-12-16-6-8-23(9-7-16)13-17-5-4-10-25-17/h4-5,10,14,16H,6-9,11-13H2,1-3H3,(H,21,24). The molecule has 1 aliphatic heterocycles. The van der Waals surface area contributed by atoms with Gasteiger partial charge in [-0.25, -0.2) is 4.98 Å². The Morgan fingerprint density at radius 1 is 1.38 bits per heavy atom. The molecule has 6 heteroatoms. The number of piperidine rings is 1. The summed E-state index contributed by atoms with van der Waals surface area (Å²) in [6, 6.07) is 4.33. The summed E-state index contributed by atoms with van der Waals surface area (Å²) in [7, 11) is 0. The molecule has 4 nitrogen and oxygen atoms in total. The van der Waals surface area contributed by atoms with Gasteiger partial charge < -0.3 is 5.32 Å². The van der Waals surface area contributed by atoms with Crippen molar-refractivity contribution >= 4 is 28.6 Å². The van der Waals surface area contributed by atoms with E-state index >= 15 is 0 Å². The average Bonchev–Trinajstić information content (AvgIpc) is 3.23. The summed E-state index contributed by atoms with van der Waals surface area (Å²) in [6.45, 7) is 10.4. The van der Waals surface area contributed by atoms with Gasteiger partial charge in [0.1, 0.15) is 4.88 Å². The summed E-state index contributed by atoms with van der Waals surface area (Å²) in [6.07, 6.45) is 3.26. The van der Waals surface area contributed by atoms with Crippen molar-refractivity contribution in [1.82, 2.24) is 15.2 Å². The Labute approximate surface area is 164 Å². The number of hydrogen-bond acceptors (Lipinski definition) is 5. The molecule has 0 atom stereocenters. The number of amides is 1. The molecule has 1 fully saturated rings. The average molecular weight is 392 g/mol. The molecule has 0 bridgehead atoms. The number of thiophene rings is 1. The molecule has 142 valence electrons. The van der Waals surface area contributed by atoms with Crippen molar-refractivity contribution in [3.8, 4) is 0 Å². The van der Waals surface area contributed by atoms with Crippen molar-refractivity contribution in [2.75, 3.05) is 19.6 Å². The summed E-state index contributed by atoms with van der Waals surface area (Å²) >= 11 is 3.39. The number of thiazole rings is 1. The first-order valence-electron chi connectivity index (χ1n) is 9.50. The van der Waals surface area contributed by atoms with E-state index < -0.39 is 0 Å². The second-order valence-electron chi connectivity index (χ2n) is 7.63. The number of carbonyl (C=O) groups is 1. The van der Waals surface area contributed by atoms with Crippen LogP contribution in [0.2, 0.25) is 0 Å². The van der Waals surface area contributed by atoms with E-state index in [0.717, 1.165) is 61.0 Å². The van der Waals surface area contributed by atoms with Crippen LogP contribution in [0.5, 0.6) is 0 Å². The quantitative estimate of drug-likeness (QED) is 0.763. The molecule has 0 aromatic carbocycles. The van der Waals surface area contributed by atoms with Gasteiger partial charge in [0.05, 0.1) is 10.7 Å². The van der Waals surface area contributed by atoms with Gasteiger partial charge in [0.2, 0.25) is 0 Å². The minimum absolute atomic E-state index is 0.0519. The molecular weight excluding hydrogens is 362 g/mol. The van der Waals surface area contributed by atoms with Crippen molar-refractivity contribution < 1.29 is 4.79 Å². The molecule has 0 aliphatic carbocycles. The lowest BCUT2D eigenvalue weighted by molar-refractivity contribution is 0.0938. The predicted molar refractivity (Wildman–Crippen MR) is 110 cm³/mol. The highest BCUT2D eigenvalue weighted by Gasteiger charge is 2.21. The van der Waals surface area contributed by atoms with E-state index in [1.54, 1.807) is 11.3 Å². The van der Waals surface area contributed by atoms with Gasteiger partial charge in [0, 0.05) is 24.4 Å². The molecule has 0 radical (unpaired) electrons. The largest absolute Gasteiger partial charge is 0.351 e. The zero-order valence-electron chi connectivity index (χ0n) is 16.0. The van der Waals surface area contributed by atoms with Gasteiger partial charge in [0.15, 0.2) is 0 Å². The summed E-state index contributed by atoms with van der Waals surface area (Å²) < 4.78 is 0. The van der Waals surface area contributed by atoms with Crippen LogP contribution in [0.4, 0.5) is 0 Å². The molecular formula is C20H29N3OS2. The van der Waals surface area contributed by atoms with Gasteiger partial charge in [-0.1, -0.05) is 19.9 Å². The maximum absolute atomic E-state index is 12.5. The molecule has 1 saturated heterocycles. The van der Waals surface area contributed by atoms with Gasteiger partial charge in [-0.2, -0.15) is 0 Å². The normalized spacial score (nSPS) is 16.3. The molecule has 26 heavy (non-hydrogen) atoms. The highest BCUT2D eigenvalue weighted by Crippen LogP contribution is 2.22. The number of likely N-dealkylation sites (tertiary alicyclic amines) is 1. The highest BCUT2D eigenvalue weighted by atomic mass is 32.1. The Morgan fingerprint density at radius 2 is 2.15 bits per heavy atom. The molecule has 1 amide bonds. The number of carbonyl (C=O) groups excluding carboxylic acids is 1. The number of nitrogens with zero attached hydrogens (tertiary/aromatic N) is 2. The van der Waals surface area contributed by atoms with Crippen LogP contribution < -0.4 is 5.32 Å². The van der Waals surface area contributed by atoms with E-state index in [1.165, 1.54) is 4.88 Å². The second-order valence-corrected chi connectivity index (χ2v) is 9.74. The van der Waals surface area contributed by atoms with Crippen LogP contribution >= 0.6 is 22.7 Å². The molecule has 3 rings (SSSR count). The molecule has 2 aromatic heterocycles. The molecule has 3 heterocycles. The van der Waals surface area contributed by atoms with Crippen molar-refractivity contribution in [3.05, 3.63) is 38.0 Å². The van der Waals surface area contributed by atoms with Crippen molar-refractivity contribution in [1.29, 1.82) is 0 Å². The van der Waals surface area contributed by atoms with Gasteiger partial charge in [0.25, 0.3) is 5.91 Å². The third-order valence-corrected chi connectivity index (χ3v) is 6.89. The Bertz CT molecular complexity index is 701. The summed E-state index contributed by atoms with van der Waals surface area (Å²) in [4.78, 5) is 21.8. The molecule has 1 aliphatic rings. The van der Waals surface area contributed by atoms with Crippen LogP contribution in [0, 0.1) is 18.8 Å². The fourth-order valence-corrected chi connectivity index (χ4v) is 5.33. The minimum Gasteiger partial charge on any atom is -0.351 e. The van der Waals surface area contributed by atoms with Gasteiger partial charge in [-0.05, 0) is 56.1 Å². The van der Waals surface area contributed by atoms with Gasteiger partial charge in [-0.3, -0.25) is 9.69 Å². The lowest BCUT2D eigenvalue weighted by Gasteiger charge is -2.31. The lowest BCUT2D eigenvalue weighted by atomic mass is 9.96. The zero-order valence-corrected chi connectivity index (χ0v) is 17.6. The topological polar surface area (TPSA) is 45.2 Å². The number of aromatic nitrogens is 1. The van der Waals surface area contributed by atoms with E-state index in [2.05, 4.69) is 46.6 Å². The van der Waals surface area contributed by atoms with Crippen molar-refractivity contribution in [2.24, 2.45) is 11.8 Å². The fourth-order valence-electron chi connectivity index (χ4n) is 3.39. The summed E-state index contributed by atoms with van der Waals surface area (Å²) in [5.74, 6) is 1.20. The van der Waals surface area contributed by atoms with Crippen molar-refractivity contribution in [2.45, 2.75) is 46.6 Å². The molecule has 0 saturated carbocycles. The summed E-state index contributed by atoms with van der Waals surface area (Å²) in [5.41, 5.74) is 0.869. The van der Waals surface area contributed by atoms with Gasteiger partial charge in [-0.15, -0.1) is 22.7 Å². The van der Waals surface area contributed by atoms with Crippen LogP contribution in [-0.2, 0) is 13.0 Å². The predicted octanol–water partition coefficient (Wildman–Crippen LogP) is 4.35. The van der Waals surface area contributed by atoms with E-state index in [0.29, 0.717) is 11.8 Å². The van der Waals surface area contributed by atoms with E-state index in [4.69, 9.17) is 0 Å². The second kappa shape index (κ2) is 9.11. The molecule has 0 spiro atoms. The highest BCUT2D eigenvalue weighted by molar-refractivity contribution is 7.13. The van der Waals surface area contributed by atoms with E-state index in [-0.39, 0.29) is 5.91 Å². The maximum Gasteiger partial charge on any atom is 0.263 e. The maximum atomic E-state index is 12.5. The first-order chi connectivity index (χ1) is 12.5. The molecule has 0 unspecified atom stereocenters. The monoisotopic (exact) mass is 391 g/mol. The number of hydrogen-bond donors (Lipinski definition) is 1. The van der Waals surface area contributed by atoms with Crippen LogP contribution in [0.25, 0.3) is 0 Å². The Hall–Kier alpha value is -1.24. The molecule has 2 aromatic rings. The van der Waals surface area contributed by atoms with Crippen molar-refractivity contribution in [3.63, 3.8) is 0 Å². The van der Waals surface area contributed by atoms with Crippen LogP contribution in [0.1, 0.15) is 51.9 Å². The summed E-state index contributed by atoms with van der Waals surface area (Å²) in [5, 5.41) is 6.37. The van der Waals surface area contributed by atoms with Crippen LogP contribution in [-0.4, -0.2) is 35.4 Å². The SMILES string of the molecule is Cc1nc(CC(C)C)sc1C(=O)NCC1CCN(Cc2cccs2)CC1. The Morgan fingerprint density at radius 3 is 2.81 bits per heavy atom. The first kappa shape index (κ1) is 19.5. The van der Waals surface area contributed by atoms with E-state index in [1.807, 2.05) is 18.3 Å². The minimum atomic E-state index is 0.0519. The third kappa shape index (κ3) is 5.38. The number of aryl methyl sites for hydroxylation is 1. The van der Waals surface area contributed by atoms with E-state index in [9.17, 15) is 4.79 Å². The number of rotatable bonds is 7. The number of nitrogens with one attached hydrogen (secondary N) is 1. The zero-order chi connectivity index (χ0) is 18.5. The Kier molecular flexibility index (Phi) is 6.84. The first-order valence-corrected chi connectivity index (χ1v) is 11.2. The lowest BCUT2D eigenvalue weighted by Crippen LogP contribution is -2.38. The molecule has 1 N–H and O–H groups in total.